The molecular formula is C24H28BrN3O4. The Balaban J connectivity index is 1.42. The molecule has 2 aliphatic heterocycles. The molecule has 0 radical (unpaired) electrons. The maximum Gasteiger partial charge on any atom is 0.256 e. The van der Waals surface area contributed by atoms with Crippen molar-refractivity contribution in [1.29, 1.82) is 0 Å². The lowest BCUT2D eigenvalue weighted by Crippen LogP contribution is -2.47. The minimum Gasteiger partial charge on any atom is -0.490 e. The van der Waals surface area contributed by atoms with Crippen molar-refractivity contribution in [3.05, 3.63) is 58.1 Å². The summed E-state index contributed by atoms with van der Waals surface area (Å²) in [5.41, 5.74) is 1.49. The van der Waals surface area contributed by atoms with Crippen LogP contribution in [0.25, 0.3) is 0 Å². The standard InChI is InChI=1S/C24H28BrN3O4/c1-27-10-12-28(13-11-27)24(30)19-6-2-3-7-21(19)26-23(29)17-8-9-22(20(25)15-17)32-16-18-5-4-14-31-18/h2-3,6-9,15,18H,4-5,10-14,16H2,1H3,(H,26,29). The van der Waals surface area contributed by atoms with Crippen molar-refractivity contribution in [3.8, 4) is 5.75 Å². The maximum atomic E-state index is 13.0. The second kappa shape index (κ2) is 10.5. The van der Waals surface area contributed by atoms with Crippen LogP contribution in [0.15, 0.2) is 46.9 Å². The summed E-state index contributed by atoms with van der Waals surface area (Å²) in [7, 11) is 2.05. The van der Waals surface area contributed by atoms with Gasteiger partial charge < -0.3 is 24.6 Å². The SMILES string of the molecule is CN1CCN(C(=O)c2ccccc2NC(=O)c2ccc(OCC3CCCO3)c(Br)c2)CC1. The third kappa shape index (κ3) is 5.49. The fourth-order valence-electron chi connectivity index (χ4n) is 3.87. The minimum atomic E-state index is -0.282. The summed E-state index contributed by atoms with van der Waals surface area (Å²) in [4.78, 5) is 30.0. The second-order valence-corrected chi connectivity index (χ2v) is 9.04. The van der Waals surface area contributed by atoms with Gasteiger partial charge in [-0.25, -0.2) is 0 Å². The molecule has 170 valence electrons. The van der Waals surface area contributed by atoms with E-state index < -0.39 is 0 Å². The molecular weight excluding hydrogens is 474 g/mol. The highest BCUT2D eigenvalue weighted by Gasteiger charge is 2.23. The number of carbonyl (C=O) groups excluding carboxylic acids is 2. The number of carbonyl (C=O) groups is 2. The van der Waals surface area contributed by atoms with Crippen LogP contribution in [0.2, 0.25) is 0 Å². The zero-order valence-electron chi connectivity index (χ0n) is 18.2. The third-order valence-electron chi connectivity index (χ3n) is 5.84. The van der Waals surface area contributed by atoms with Gasteiger partial charge in [-0.05, 0) is 66.2 Å². The quantitative estimate of drug-likeness (QED) is 0.653. The zero-order chi connectivity index (χ0) is 22.5. The van der Waals surface area contributed by atoms with Crippen LogP contribution in [-0.2, 0) is 4.74 Å². The molecule has 2 heterocycles. The monoisotopic (exact) mass is 501 g/mol. The molecule has 4 rings (SSSR count). The summed E-state index contributed by atoms with van der Waals surface area (Å²) >= 11 is 3.49. The normalized spacial score (nSPS) is 19.1. The molecule has 1 N–H and O–H groups in total. The summed E-state index contributed by atoms with van der Waals surface area (Å²) in [6.45, 7) is 4.32. The number of piperazine rings is 1. The number of halogens is 1. The van der Waals surface area contributed by atoms with Crippen LogP contribution in [-0.4, -0.2) is 74.2 Å². The Bertz CT molecular complexity index is 969. The number of anilines is 1. The Morgan fingerprint density at radius 3 is 2.66 bits per heavy atom. The topological polar surface area (TPSA) is 71.1 Å². The van der Waals surface area contributed by atoms with Gasteiger partial charge in [0.2, 0.25) is 0 Å². The Morgan fingerprint density at radius 1 is 1.16 bits per heavy atom. The van der Waals surface area contributed by atoms with Crippen LogP contribution in [0, 0.1) is 0 Å². The maximum absolute atomic E-state index is 13.0. The van der Waals surface area contributed by atoms with Gasteiger partial charge in [0.05, 0.1) is 21.8 Å². The second-order valence-electron chi connectivity index (χ2n) is 8.19. The predicted molar refractivity (Wildman–Crippen MR) is 126 cm³/mol. The van der Waals surface area contributed by atoms with Crippen molar-refractivity contribution in [1.82, 2.24) is 9.80 Å². The van der Waals surface area contributed by atoms with E-state index in [2.05, 4.69) is 26.1 Å². The van der Waals surface area contributed by atoms with Gasteiger partial charge in [0.15, 0.2) is 0 Å². The van der Waals surface area contributed by atoms with Crippen molar-refractivity contribution < 1.29 is 19.1 Å². The molecule has 1 atom stereocenters. The van der Waals surface area contributed by atoms with Crippen molar-refractivity contribution in [2.45, 2.75) is 18.9 Å². The molecule has 0 saturated carbocycles. The molecule has 0 spiro atoms. The van der Waals surface area contributed by atoms with E-state index in [-0.39, 0.29) is 17.9 Å². The van der Waals surface area contributed by atoms with Crippen LogP contribution in [0.4, 0.5) is 5.69 Å². The first-order valence-electron chi connectivity index (χ1n) is 10.9. The molecule has 8 heteroatoms. The van der Waals surface area contributed by atoms with E-state index >= 15 is 0 Å². The number of nitrogens with zero attached hydrogens (tertiary/aromatic N) is 2. The molecule has 7 nitrogen and oxygen atoms in total. The molecule has 2 fully saturated rings. The van der Waals surface area contributed by atoms with Gasteiger partial charge in [0.1, 0.15) is 12.4 Å². The summed E-state index contributed by atoms with van der Waals surface area (Å²) in [6.07, 6.45) is 2.19. The number of ether oxygens (including phenoxy) is 2. The van der Waals surface area contributed by atoms with Gasteiger partial charge in [0.25, 0.3) is 11.8 Å². The Labute approximate surface area is 196 Å². The molecule has 1 unspecified atom stereocenters. The lowest BCUT2D eigenvalue weighted by atomic mass is 10.1. The Hall–Kier alpha value is -2.42. The highest BCUT2D eigenvalue weighted by Crippen LogP contribution is 2.28. The summed E-state index contributed by atoms with van der Waals surface area (Å²) < 4.78 is 12.1. The van der Waals surface area contributed by atoms with Gasteiger partial charge in [-0.1, -0.05) is 12.1 Å². The summed E-state index contributed by atoms with van der Waals surface area (Å²) in [5, 5.41) is 2.90. The smallest absolute Gasteiger partial charge is 0.256 e. The fourth-order valence-corrected chi connectivity index (χ4v) is 4.36. The molecule has 2 aromatic rings. The number of amides is 2. The lowest BCUT2D eigenvalue weighted by molar-refractivity contribution is 0.0665. The molecule has 2 aliphatic rings. The van der Waals surface area contributed by atoms with Gasteiger partial charge >= 0.3 is 0 Å². The van der Waals surface area contributed by atoms with E-state index in [0.29, 0.717) is 46.7 Å². The van der Waals surface area contributed by atoms with E-state index in [1.165, 1.54) is 0 Å². The summed E-state index contributed by atoms with van der Waals surface area (Å²) in [5.74, 6) is 0.325. The van der Waals surface area contributed by atoms with Crippen LogP contribution >= 0.6 is 15.9 Å². The van der Waals surface area contributed by atoms with E-state index in [1.54, 1.807) is 30.3 Å². The van der Waals surface area contributed by atoms with Gasteiger partial charge in [-0.15, -0.1) is 0 Å². The highest BCUT2D eigenvalue weighted by molar-refractivity contribution is 9.10. The average molecular weight is 502 g/mol. The first kappa shape index (κ1) is 22.8. The van der Waals surface area contributed by atoms with Gasteiger partial charge in [0, 0.05) is 38.3 Å². The van der Waals surface area contributed by atoms with Crippen molar-refractivity contribution in [2.75, 3.05) is 51.8 Å². The van der Waals surface area contributed by atoms with Crippen molar-refractivity contribution >= 4 is 33.4 Å². The molecule has 0 aromatic heterocycles. The molecule has 0 bridgehead atoms. The molecule has 32 heavy (non-hydrogen) atoms. The van der Waals surface area contributed by atoms with Crippen LogP contribution in [0.3, 0.4) is 0 Å². The Morgan fingerprint density at radius 2 is 1.94 bits per heavy atom. The van der Waals surface area contributed by atoms with Crippen molar-refractivity contribution in [2.24, 2.45) is 0 Å². The number of rotatable bonds is 6. The van der Waals surface area contributed by atoms with Crippen LogP contribution in [0.5, 0.6) is 5.75 Å². The van der Waals surface area contributed by atoms with Gasteiger partial charge in [-0.2, -0.15) is 0 Å². The van der Waals surface area contributed by atoms with Gasteiger partial charge in [-0.3, -0.25) is 9.59 Å². The highest BCUT2D eigenvalue weighted by atomic mass is 79.9. The largest absolute Gasteiger partial charge is 0.490 e. The number of benzene rings is 2. The van der Waals surface area contributed by atoms with Crippen LogP contribution < -0.4 is 10.1 Å². The Kier molecular flexibility index (Phi) is 7.44. The first-order valence-corrected chi connectivity index (χ1v) is 11.7. The minimum absolute atomic E-state index is 0.0620. The number of hydrogen-bond acceptors (Lipinski definition) is 5. The average Bonchev–Trinajstić information content (AvgIpc) is 3.32. The molecule has 2 saturated heterocycles. The molecule has 2 aromatic carbocycles. The molecule has 0 aliphatic carbocycles. The first-order chi connectivity index (χ1) is 15.5. The fraction of sp³-hybridized carbons (Fsp3) is 0.417. The lowest BCUT2D eigenvalue weighted by Gasteiger charge is -2.32. The van der Waals surface area contributed by atoms with E-state index in [1.807, 2.05) is 24.1 Å². The third-order valence-corrected chi connectivity index (χ3v) is 6.46. The van der Waals surface area contributed by atoms with Crippen LogP contribution in [0.1, 0.15) is 33.6 Å². The number of nitrogens with one attached hydrogen (secondary N) is 1. The number of likely N-dealkylation sites (N-methyl/N-ethyl adjacent to an activating group) is 1. The van der Waals surface area contributed by atoms with E-state index in [0.717, 1.165) is 32.5 Å². The summed E-state index contributed by atoms with van der Waals surface area (Å²) in [6, 6.07) is 12.4. The predicted octanol–water partition coefficient (Wildman–Crippen LogP) is 3.65. The van der Waals surface area contributed by atoms with Crippen molar-refractivity contribution in [3.63, 3.8) is 0 Å². The van der Waals surface area contributed by atoms with E-state index in [9.17, 15) is 9.59 Å². The number of para-hydroxylation sites is 1. The van der Waals surface area contributed by atoms with E-state index in [4.69, 9.17) is 9.47 Å². The molecule has 2 amide bonds. The number of hydrogen-bond donors (Lipinski definition) is 1. The zero-order valence-corrected chi connectivity index (χ0v) is 19.8.